The maximum Gasteiger partial charge on any atom is 0.116 e. The first-order valence-electron chi connectivity index (χ1n) is 21.8. The summed E-state index contributed by atoms with van der Waals surface area (Å²) in [6.07, 6.45) is 11.6. The van der Waals surface area contributed by atoms with E-state index >= 15 is 0 Å². The van der Waals surface area contributed by atoms with E-state index in [1.54, 1.807) is 0 Å². The number of nitrogens with zero attached hydrogens (tertiary/aromatic N) is 2. The van der Waals surface area contributed by atoms with Crippen LogP contribution in [0.1, 0.15) is 80.4 Å². The van der Waals surface area contributed by atoms with E-state index in [4.69, 9.17) is 0 Å². The summed E-state index contributed by atoms with van der Waals surface area (Å²) in [5.41, 5.74) is 14.5. The number of fused-ring (bicyclic) bond motifs is 3. The Morgan fingerprint density at radius 1 is 0.431 bits per heavy atom. The molecule has 0 saturated heterocycles. The number of hydrogen-bond donors (Lipinski definition) is 0. The van der Waals surface area contributed by atoms with Gasteiger partial charge < -0.3 is 9.80 Å². The fraction of sp³-hybridized carbons (Fsp3) is 0.236. The number of rotatable bonds is 9. The van der Waals surface area contributed by atoms with Crippen LogP contribution in [0.5, 0.6) is 0 Å². The van der Waals surface area contributed by atoms with Crippen LogP contribution in [0.3, 0.4) is 0 Å². The average molecular weight is 771 g/mol. The number of para-hydroxylation sites is 2. The normalized spacial score (nSPS) is 16.7. The van der Waals surface area contributed by atoms with Crippen LogP contribution < -0.4 is 20.2 Å². The molecule has 7 aromatic carbocycles. The second kappa shape index (κ2) is 15.3. The van der Waals surface area contributed by atoms with Crippen LogP contribution in [0.2, 0.25) is 13.1 Å². The molecule has 2 saturated carbocycles. The molecule has 0 amide bonds. The van der Waals surface area contributed by atoms with Crippen molar-refractivity contribution in [2.24, 2.45) is 0 Å². The van der Waals surface area contributed by atoms with E-state index in [0.717, 1.165) is 0 Å². The van der Waals surface area contributed by atoms with E-state index in [9.17, 15) is 0 Å². The minimum absolute atomic E-state index is 0.00159. The first kappa shape index (κ1) is 36.7. The van der Waals surface area contributed by atoms with Gasteiger partial charge in [-0.15, -0.1) is 0 Å². The minimum atomic E-state index is -1.95. The lowest BCUT2D eigenvalue weighted by molar-refractivity contribution is 0.443. The maximum absolute atomic E-state index is 2.52. The van der Waals surface area contributed by atoms with Crippen LogP contribution in [-0.4, -0.2) is 8.07 Å². The molecule has 2 aliphatic carbocycles. The molecule has 0 radical (unpaired) electrons. The summed E-state index contributed by atoms with van der Waals surface area (Å²) in [5.74, 6) is 0.705. The monoisotopic (exact) mass is 770 g/mol. The van der Waals surface area contributed by atoms with Crippen molar-refractivity contribution >= 4 is 52.6 Å². The molecule has 3 aliphatic rings. The van der Waals surface area contributed by atoms with Crippen molar-refractivity contribution in [2.75, 3.05) is 9.80 Å². The highest BCUT2D eigenvalue weighted by Gasteiger charge is 2.41. The molecule has 1 aliphatic heterocycles. The van der Waals surface area contributed by atoms with Gasteiger partial charge in [0, 0.05) is 39.5 Å². The van der Waals surface area contributed by atoms with Crippen LogP contribution in [0, 0.1) is 0 Å². The van der Waals surface area contributed by atoms with E-state index in [-0.39, 0.29) is 5.41 Å². The predicted molar refractivity (Wildman–Crippen MR) is 250 cm³/mol. The van der Waals surface area contributed by atoms with Crippen LogP contribution >= 0.6 is 0 Å². The molecule has 3 heteroatoms. The Kier molecular flexibility index (Phi) is 9.66. The Balaban J connectivity index is 0.995. The standard InChI is InChI=1S/C55H54N2Si/c1-58(2)53-26-13-12-23-50(53)51-24-16-25-52(54(51)58)57(46-21-10-5-11-22-46)49-37-31-44(32-38-49)55(39-14-15-40-55)43-29-35-48(36-30-43)56(45-19-8-4-9-20-45)47-33-27-42(28-34-47)41-17-6-3-7-18-41/h4-5,8-13,16,19-38,41H,3,6-7,14-15,17-18,39-40H2,1-2H3. The zero-order valence-electron chi connectivity index (χ0n) is 34.1. The SMILES string of the molecule is C[Si]1(C)c2ccccc2-c2cccc(N(c3ccccc3)c3ccc(C4(c5ccc(N(c6ccccc6)c6ccc(C7CCCCC7)cc6)cc5)CCCC4)cc3)c21. The molecule has 2 fully saturated rings. The quantitative estimate of drug-likeness (QED) is 0.135. The van der Waals surface area contributed by atoms with Gasteiger partial charge in [-0.25, -0.2) is 0 Å². The second-order valence-electron chi connectivity index (χ2n) is 17.5. The van der Waals surface area contributed by atoms with Gasteiger partial charge in [-0.05, 0) is 137 Å². The predicted octanol–water partition coefficient (Wildman–Crippen LogP) is 14.3. The van der Waals surface area contributed by atoms with Gasteiger partial charge in [0.05, 0.1) is 0 Å². The molecule has 0 aromatic heterocycles. The highest BCUT2D eigenvalue weighted by molar-refractivity contribution is 7.04. The van der Waals surface area contributed by atoms with Crippen molar-refractivity contribution in [1.29, 1.82) is 0 Å². The molecule has 0 N–H and O–H groups in total. The highest BCUT2D eigenvalue weighted by atomic mass is 28.3. The summed E-state index contributed by atoms with van der Waals surface area (Å²) in [6, 6.07) is 66.6. The molecule has 2 nitrogen and oxygen atoms in total. The molecule has 0 spiro atoms. The molecule has 10 rings (SSSR count). The van der Waals surface area contributed by atoms with Gasteiger partial charge in [-0.1, -0.05) is 154 Å². The highest BCUT2D eigenvalue weighted by Crippen LogP contribution is 2.49. The van der Waals surface area contributed by atoms with Crippen LogP contribution in [0.25, 0.3) is 11.1 Å². The molecule has 1 heterocycles. The molecule has 288 valence electrons. The third kappa shape index (κ3) is 6.41. The van der Waals surface area contributed by atoms with E-state index < -0.39 is 8.07 Å². The summed E-state index contributed by atoms with van der Waals surface area (Å²) < 4.78 is 0. The van der Waals surface area contributed by atoms with E-state index in [2.05, 4.69) is 199 Å². The molecular formula is C55H54N2Si. The van der Waals surface area contributed by atoms with Crippen molar-refractivity contribution < 1.29 is 0 Å². The van der Waals surface area contributed by atoms with Crippen LogP contribution in [0.15, 0.2) is 176 Å². The van der Waals surface area contributed by atoms with Crippen molar-refractivity contribution in [3.63, 3.8) is 0 Å². The molecule has 0 atom stereocenters. The third-order valence-corrected chi connectivity index (χ3v) is 17.4. The Bertz CT molecular complexity index is 2490. The maximum atomic E-state index is 2.52. The summed E-state index contributed by atoms with van der Waals surface area (Å²) in [7, 11) is -1.95. The van der Waals surface area contributed by atoms with Gasteiger partial charge in [0.15, 0.2) is 0 Å². The van der Waals surface area contributed by atoms with Gasteiger partial charge in [0.25, 0.3) is 0 Å². The topological polar surface area (TPSA) is 6.48 Å². The smallest absolute Gasteiger partial charge is 0.116 e. The molecule has 0 unspecified atom stereocenters. The molecule has 7 aromatic rings. The van der Waals surface area contributed by atoms with Crippen molar-refractivity contribution in [3.8, 4) is 11.1 Å². The van der Waals surface area contributed by atoms with E-state index in [0.29, 0.717) is 5.92 Å². The van der Waals surface area contributed by atoms with Gasteiger partial charge in [0.2, 0.25) is 0 Å². The Hall–Kier alpha value is -5.64. The third-order valence-electron chi connectivity index (χ3n) is 13.9. The van der Waals surface area contributed by atoms with Gasteiger partial charge in [-0.2, -0.15) is 0 Å². The van der Waals surface area contributed by atoms with Gasteiger partial charge in [-0.3, -0.25) is 0 Å². The zero-order chi connectivity index (χ0) is 39.1. The van der Waals surface area contributed by atoms with Crippen molar-refractivity contribution in [1.82, 2.24) is 0 Å². The Morgan fingerprint density at radius 2 is 0.914 bits per heavy atom. The fourth-order valence-electron chi connectivity index (χ4n) is 10.9. The van der Waals surface area contributed by atoms with Gasteiger partial charge >= 0.3 is 0 Å². The second-order valence-corrected chi connectivity index (χ2v) is 21.8. The Morgan fingerprint density at radius 3 is 1.52 bits per heavy atom. The first-order chi connectivity index (χ1) is 28.5. The minimum Gasteiger partial charge on any atom is -0.311 e. The lowest BCUT2D eigenvalue weighted by Crippen LogP contribution is -2.50. The fourth-order valence-corrected chi connectivity index (χ4v) is 14.3. The zero-order valence-corrected chi connectivity index (χ0v) is 35.1. The van der Waals surface area contributed by atoms with Crippen LogP contribution in [-0.2, 0) is 5.41 Å². The summed E-state index contributed by atoms with van der Waals surface area (Å²) in [6.45, 7) is 5.05. The van der Waals surface area contributed by atoms with Gasteiger partial charge in [0.1, 0.15) is 8.07 Å². The molecule has 0 bridgehead atoms. The summed E-state index contributed by atoms with van der Waals surface area (Å²) >= 11 is 0. The first-order valence-corrected chi connectivity index (χ1v) is 24.8. The lowest BCUT2D eigenvalue weighted by atomic mass is 9.73. The molecule has 58 heavy (non-hydrogen) atoms. The van der Waals surface area contributed by atoms with Crippen LogP contribution in [0.4, 0.5) is 34.1 Å². The number of benzene rings is 7. The van der Waals surface area contributed by atoms with Crippen molar-refractivity contribution in [2.45, 2.75) is 82.2 Å². The lowest BCUT2D eigenvalue weighted by Gasteiger charge is -2.34. The van der Waals surface area contributed by atoms with E-state index in [1.807, 2.05) is 0 Å². The summed E-state index contributed by atoms with van der Waals surface area (Å²) in [4.78, 5) is 4.94. The van der Waals surface area contributed by atoms with Crippen molar-refractivity contribution in [3.05, 3.63) is 193 Å². The number of hydrogen-bond acceptors (Lipinski definition) is 2. The largest absolute Gasteiger partial charge is 0.311 e. The Labute approximate surface area is 346 Å². The number of anilines is 6. The molecular weight excluding hydrogens is 717 g/mol. The van der Waals surface area contributed by atoms with E-state index in [1.165, 1.54) is 130 Å². The summed E-state index contributed by atoms with van der Waals surface area (Å²) in [5, 5.41) is 3.07. The average Bonchev–Trinajstić information content (AvgIpc) is 3.88.